The summed E-state index contributed by atoms with van der Waals surface area (Å²) in [6.45, 7) is 2.84. The van der Waals surface area contributed by atoms with Gasteiger partial charge in [-0.2, -0.15) is 0 Å². The number of amides is 1. The third-order valence-corrected chi connectivity index (χ3v) is 3.71. The molecule has 1 heterocycles. The van der Waals surface area contributed by atoms with Crippen molar-refractivity contribution in [3.63, 3.8) is 0 Å². The molecule has 0 bridgehead atoms. The molecule has 1 N–H and O–H groups in total. The highest BCUT2D eigenvalue weighted by atomic mass is 127. The Morgan fingerprint density at radius 3 is 2.83 bits per heavy atom. The molecule has 4 nitrogen and oxygen atoms in total. The standard InChI is InChI=1S/C12H14ClIN2O2/c13-10-7-9(14)1-2-11(10)15-8-12(17)16-3-5-18-6-4-16/h1-2,7,15H,3-6,8H2. The van der Waals surface area contributed by atoms with Crippen molar-refractivity contribution in [1.29, 1.82) is 0 Å². The molecule has 98 valence electrons. The molecule has 1 aromatic carbocycles. The van der Waals surface area contributed by atoms with Gasteiger partial charge < -0.3 is 15.0 Å². The van der Waals surface area contributed by atoms with E-state index in [4.69, 9.17) is 16.3 Å². The van der Waals surface area contributed by atoms with Gasteiger partial charge in [-0.25, -0.2) is 0 Å². The van der Waals surface area contributed by atoms with E-state index in [1.54, 1.807) is 4.90 Å². The predicted octanol–water partition coefficient (Wildman–Crippen LogP) is 2.22. The molecule has 1 aromatic rings. The quantitative estimate of drug-likeness (QED) is 0.818. The van der Waals surface area contributed by atoms with Gasteiger partial charge in [-0.3, -0.25) is 4.79 Å². The van der Waals surface area contributed by atoms with Gasteiger partial charge in [0.15, 0.2) is 0 Å². The molecule has 0 atom stereocenters. The summed E-state index contributed by atoms with van der Waals surface area (Å²) in [7, 11) is 0. The molecule has 6 heteroatoms. The van der Waals surface area contributed by atoms with Gasteiger partial charge in [0.05, 0.1) is 30.5 Å². The average Bonchev–Trinajstić information content (AvgIpc) is 2.38. The van der Waals surface area contributed by atoms with Crippen LogP contribution in [0.3, 0.4) is 0 Å². The molecule has 0 aliphatic carbocycles. The number of nitrogens with one attached hydrogen (secondary N) is 1. The molecule has 1 aliphatic rings. The monoisotopic (exact) mass is 380 g/mol. The summed E-state index contributed by atoms with van der Waals surface area (Å²) in [6, 6.07) is 5.70. The van der Waals surface area contributed by atoms with E-state index in [2.05, 4.69) is 27.9 Å². The molecule has 0 spiro atoms. The van der Waals surface area contributed by atoms with Crippen molar-refractivity contribution in [3.8, 4) is 0 Å². The number of halogens is 2. The van der Waals surface area contributed by atoms with Crippen LogP contribution in [0, 0.1) is 3.57 Å². The van der Waals surface area contributed by atoms with Crippen LogP contribution in [-0.4, -0.2) is 43.7 Å². The highest BCUT2D eigenvalue weighted by Crippen LogP contribution is 2.23. The minimum atomic E-state index is 0.0768. The number of ether oxygens (including phenoxy) is 1. The Balaban J connectivity index is 1.88. The van der Waals surface area contributed by atoms with Crippen LogP contribution < -0.4 is 5.32 Å². The first-order chi connectivity index (χ1) is 8.66. The number of hydrogen-bond donors (Lipinski definition) is 1. The Labute approximate surface area is 125 Å². The van der Waals surface area contributed by atoms with Crippen LogP contribution in [0.2, 0.25) is 5.02 Å². The molecule has 1 fully saturated rings. The Bertz CT molecular complexity index is 436. The van der Waals surface area contributed by atoms with E-state index >= 15 is 0 Å². The molecular formula is C12H14ClIN2O2. The van der Waals surface area contributed by atoms with Crippen molar-refractivity contribution in [2.24, 2.45) is 0 Å². The maximum Gasteiger partial charge on any atom is 0.242 e. The van der Waals surface area contributed by atoms with Gasteiger partial charge in [0.25, 0.3) is 0 Å². The second-order valence-electron chi connectivity index (χ2n) is 3.97. The van der Waals surface area contributed by atoms with E-state index in [0.717, 1.165) is 9.26 Å². The van der Waals surface area contributed by atoms with Crippen LogP contribution in [0.25, 0.3) is 0 Å². The van der Waals surface area contributed by atoms with Crippen molar-refractivity contribution < 1.29 is 9.53 Å². The maximum absolute atomic E-state index is 11.9. The van der Waals surface area contributed by atoms with E-state index in [-0.39, 0.29) is 12.5 Å². The van der Waals surface area contributed by atoms with Crippen molar-refractivity contribution in [3.05, 3.63) is 26.8 Å². The van der Waals surface area contributed by atoms with Gasteiger partial charge in [0.2, 0.25) is 5.91 Å². The number of nitrogens with zero attached hydrogens (tertiary/aromatic N) is 1. The van der Waals surface area contributed by atoms with Gasteiger partial charge in [-0.1, -0.05) is 11.6 Å². The lowest BCUT2D eigenvalue weighted by Gasteiger charge is -2.27. The summed E-state index contributed by atoms with van der Waals surface area (Å²) in [4.78, 5) is 13.7. The lowest BCUT2D eigenvalue weighted by Crippen LogP contribution is -2.43. The van der Waals surface area contributed by atoms with Crippen molar-refractivity contribution in [2.75, 3.05) is 38.2 Å². The fourth-order valence-corrected chi connectivity index (χ4v) is 2.65. The van der Waals surface area contributed by atoms with E-state index in [0.29, 0.717) is 31.3 Å². The van der Waals surface area contributed by atoms with E-state index in [1.165, 1.54) is 0 Å². The Kier molecular flexibility index (Phi) is 5.08. The van der Waals surface area contributed by atoms with Crippen LogP contribution in [0.5, 0.6) is 0 Å². The van der Waals surface area contributed by atoms with E-state index < -0.39 is 0 Å². The summed E-state index contributed by atoms with van der Waals surface area (Å²) in [5.41, 5.74) is 0.790. The minimum absolute atomic E-state index is 0.0768. The Hall–Kier alpha value is -0.530. The third kappa shape index (κ3) is 3.73. The maximum atomic E-state index is 11.9. The fraction of sp³-hybridized carbons (Fsp3) is 0.417. The zero-order valence-corrected chi connectivity index (χ0v) is 12.7. The topological polar surface area (TPSA) is 41.6 Å². The normalized spacial score (nSPS) is 15.6. The molecular weight excluding hydrogens is 367 g/mol. The molecule has 18 heavy (non-hydrogen) atoms. The zero-order chi connectivity index (χ0) is 13.0. The number of carbonyl (C=O) groups is 1. The summed E-state index contributed by atoms with van der Waals surface area (Å²) < 4.78 is 6.28. The molecule has 1 saturated heterocycles. The van der Waals surface area contributed by atoms with Crippen LogP contribution >= 0.6 is 34.2 Å². The van der Waals surface area contributed by atoms with Crippen molar-refractivity contribution >= 4 is 45.8 Å². The number of carbonyl (C=O) groups excluding carboxylic acids is 1. The molecule has 0 radical (unpaired) electrons. The lowest BCUT2D eigenvalue weighted by molar-refractivity contribution is -0.133. The van der Waals surface area contributed by atoms with Gasteiger partial charge in [0, 0.05) is 16.7 Å². The number of anilines is 1. The Morgan fingerprint density at radius 2 is 2.17 bits per heavy atom. The first-order valence-corrected chi connectivity index (χ1v) is 7.17. The highest BCUT2D eigenvalue weighted by Gasteiger charge is 2.16. The van der Waals surface area contributed by atoms with E-state index in [9.17, 15) is 4.79 Å². The van der Waals surface area contributed by atoms with Gasteiger partial charge in [-0.05, 0) is 40.8 Å². The van der Waals surface area contributed by atoms with Crippen LogP contribution in [0.4, 0.5) is 5.69 Å². The SMILES string of the molecule is O=C(CNc1ccc(I)cc1Cl)N1CCOCC1. The third-order valence-electron chi connectivity index (χ3n) is 2.72. The highest BCUT2D eigenvalue weighted by molar-refractivity contribution is 14.1. The Morgan fingerprint density at radius 1 is 1.44 bits per heavy atom. The molecule has 1 amide bonds. The lowest BCUT2D eigenvalue weighted by atomic mass is 10.3. The number of rotatable bonds is 3. The predicted molar refractivity (Wildman–Crippen MR) is 80.1 cm³/mol. The molecule has 2 rings (SSSR count). The summed E-state index contributed by atoms with van der Waals surface area (Å²) in [5.74, 6) is 0.0768. The summed E-state index contributed by atoms with van der Waals surface area (Å²) >= 11 is 8.28. The second kappa shape index (κ2) is 6.58. The largest absolute Gasteiger partial charge is 0.378 e. The first-order valence-electron chi connectivity index (χ1n) is 5.71. The number of hydrogen-bond acceptors (Lipinski definition) is 3. The molecule has 0 saturated carbocycles. The summed E-state index contributed by atoms with van der Waals surface area (Å²) in [5, 5.41) is 3.71. The number of morpholine rings is 1. The first kappa shape index (κ1) is 13.9. The average molecular weight is 381 g/mol. The second-order valence-corrected chi connectivity index (χ2v) is 5.62. The van der Waals surface area contributed by atoms with Gasteiger partial charge in [-0.15, -0.1) is 0 Å². The molecule has 0 aromatic heterocycles. The van der Waals surface area contributed by atoms with Gasteiger partial charge >= 0.3 is 0 Å². The molecule has 0 unspecified atom stereocenters. The van der Waals surface area contributed by atoms with E-state index in [1.807, 2.05) is 18.2 Å². The van der Waals surface area contributed by atoms with Crippen LogP contribution in [-0.2, 0) is 9.53 Å². The van der Waals surface area contributed by atoms with Gasteiger partial charge in [0.1, 0.15) is 0 Å². The van der Waals surface area contributed by atoms with Crippen LogP contribution in [0.15, 0.2) is 18.2 Å². The molecule has 1 aliphatic heterocycles. The number of benzene rings is 1. The van der Waals surface area contributed by atoms with Crippen molar-refractivity contribution in [2.45, 2.75) is 0 Å². The smallest absolute Gasteiger partial charge is 0.242 e. The van der Waals surface area contributed by atoms with Crippen LogP contribution in [0.1, 0.15) is 0 Å². The fourth-order valence-electron chi connectivity index (χ4n) is 1.73. The minimum Gasteiger partial charge on any atom is -0.378 e. The zero-order valence-electron chi connectivity index (χ0n) is 9.79. The van der Waals surface area contributed by atoms with Crippen molar-refractivity contribution in [1.82, 2.24) is 4.90 Å². The summed E-state index contributed by atoms with van der Waals surface area (Å²) in [6.07, 6.45) is 0.